The summed E-state index contributed by atoms with van der Waals surface area (Å²) in [5, 5.41) is 5.29. The normalized spacial score (nSPS) is 13.3. The lowest BCUT2D eigenvalue weighted by Gasteiger charge is -2.34. The van der Waals surface area contributed by atoms with E-state index in [0.717, 1.165) is 12.0 Å². The van der Waals surface area contributed by atoms with Gasteiger partial charge in [0.1, 0.15) is 11.6 Å². The minimum Gasteiger partial charge on any atom is -0.467 e. The third-order valence-electron chi connectivity index (χ3n) is 4.77. The molecule has 0 spiro atoms. The van der Waals surface area contributed by atoms with Gasteiger partial charge in [-0.3, -0.25) is 4.79 Å². The van der Waals surface area contributed by atoms with Crippen LogP contribution < -0.4 is 10.6 Å². The maximum Gasteiger partial charge on any atom is 0.408 e. The number of hydrogen-bond donors (Lipinski definition) is 2. The van der Waals surface area contributed by atoms with Gasteiger partial charge in [-0.05, 0) is 70.9 Å². The molecule has 1 rings (SSSR count). The van der Waals surface area contributed by atoms with Crippen LogP contribution in [0.1, 0.15) is 70.8 Å². The molecule has 2 atom stereocenters. The second-order valence-corrected chi connectivity index (χ2v) is 9.37. The summed E-state index contributed by atoms with van der Waals surface area (Å²) in [7, 11) is 1.22. The Hall–Kier alpha value is -3.27. The predicted octanol–water partition coefficient (Wildman–Crippen LogP) is 4.22. The van der Waals surface area contributed by atoms with Gasteiger partial charge in [0, 0.05) is 11.1 Å². The number of carbonyl (C=O) groups excluding carboxylic acids is 3. The highest BCUT2D eigenvalue weighted by Crippen LogP contribution is 2.15. The summed E-state index contributed by atoms with van der Waals surface area (Å²) >= 11 is 0. The number of benzene rings is 1. The molecule has 7 heteroatoms. The number of hydrogen-bond acceptors (Lipinski definition) is 5. The lowest BCUT2D eigenvalue weighted by Crippen LogP contribution is -2.62. The van der Waals surface area contributed by atoms with Crippen LogP contribution >= 0.6 is 0 Å². The van der Waals surface area contributed by atoms with Crippen molar-refractivity contribution >= 4 is 18.0 Å². The molecular formula is C26H36N2O5. The SMILES string of the molecule is CCC(C)/C=C/C#Cc1ccc(C(=O)N[C@H](C(=O)OC)C(C)(C)NC(=O)OC(C)(C)C)cc1. The minimum atomic E-state index is -1.18. The Morgan fingerprint density at radius 3 is 2.21 bits per heavy atom. The van der Waals surface area contributed by atoms with Gasteiger partial charge in [-0.25, -0.2) is 9.59 Å². The highest BCUT2D eigenvalue weighted by molar-refractivity contribution is 5.97. The zero-order chi connectivity index (χ0) is 25.2. The number of allylic oxidation sites excluding steroid dienone is 2. The van der Waals surface area contributed by atoms with Crippen molar-refractivity contribution in [1.29, 1.82) is 0 Å². The van der Waals surface area contributed by atoms with E-state index < -0.39 is 35.2 Å². The summed E-state index contributed by atoms with van der Waals surface area (Å²) < 4.78 is 10.1. The Balaban J connectivity index is 2.94. The molecule has 0 radical (unpaired) electrons. The molecule has 33 heavy (non-hydrogen) atoms. The van der Waals surface area contributed by atoms with E-state index in [-0.39, 0.29) is 0 Å². The molecule has 0 aromatic heterocycles. The third-order valence-corrected chi connectivity index (χ3v) is 4.77. The smallest absolute Gasteiger partial charge is 0.408 e. The molecule has 7 nitrogen and oxygen atoms in total. The molecule has 0 fully saturated rings. The minimum absolute atomic E-state index is 0.345. The van der Waals surface area contributed by atoms with Crippen molar-refractivity contribution in [3.8, 4) is 11.8 Å². The van der Waals surface area contributed by atoms with Crippen LogP contribution in [0.25, 0.3) is 0 Å². The van der Waals surface area contributed by atoms with Crippen LogP contribution in [0.15, 0.2) is 36.4 Å². The molecule has 0 saturated heterocycles. The fourth-order valence-electron chi connectivity index (χ4n) is 2.68. The zero-order valence-corrected chi connectivity index (χ0v) is 20.9. The number of ether oxygens (including phenoxy) is 2. The van der Waals surface area contributed by atoms with Crippen molar-refractivity contribution in [1.82, 2.24) is 10.6 Å². The summed E-state index contributed by atoms with van der Waals surface area (Å²) in [6.07, 6.45) is 4.23. The standard InChI is InChI=1S/C26H36N2O5/c1-9-18(2)12-10-11-13-19-14-16-20(17-15-19)22(29)27-21(23(30)32-8)26(6,7)28-24(31)33-25(3,4)5/h10,12,14-18,21H,9H2,1-8H3,(H,27,29)(H,28,31)/b12-10+/t18?,21-/m1/s1. The molecule has 1 aromatic carbocycles. The number of rotatable bonds is 7. The summed E-state index contributed by atoms with van der Waals surface area (Å²) in [6, 6.07) is 5.57. The van der Waals surface area contributed by atoms with E-state index in [0.29, 0.717) is 11.5 Å². The Kier molecular flexibility index (Phi) is 10.2. The Bertz CT molecular complexity index is 915. The number of esters is 1. The second-order valence-electron chi connectivity index (χ2n) is 9.37. The second kappa shape index (κ2) is 12.1. The number of amides is 2. The van der Waals surface area contributed by atoms with E-state index >= 15 is 0 Å². The fourth-order valence-corrected chi connectivity index (χ4v) is 2.68. The van der Waals surface area contributed by atoms with Crippen molar-refractivity contribution in [2.75, 3.05) is 7.11 Å². The summed E-state index contributed by atoms with van der Waals surface area (Å²) in [6.45, 7) is 12.6. The highest BCUT2D eigenvalue weighted by Gasteiger charge is 2.39. The van der Waals surface area contributed by atoms with Gasteiger partial charge < -0.3 is 20.1 Å². The van der Waals surface area contributed by atoms with Crippen molar-refractivity contribution in [2.24, 2.45) is 5.92 Å². The number of methoxy groups -OCH3 is 1. The molecule has 0 saturated carbocycles. The van der Waals surface area contributed by atoms with Gasteiger partial charge in [0.05, 0.1) is 12.6 Å². The molecule has 1 aromatic rings. The maximum atomic E-state index is 12.8. The Morgan fingerprint density at radius 1 is 1.09 bits per heavy atom. The molecule has 0 heterocycles. The highest BCUT2D eigenvalue weighted by atomic mass is 16.6. The van der Waals surface area contributed by atoms with Gasteiger partial charge >= 0.3 is 12.1 Å². The van der Waals surface area contributed by atoms with Gasteiger partial charge in [0.25, 0.3) is 5.91 Å². The van der Waals surface area contributed by atoms with Crippen molar-refractivity contribution in [2.45, 2.75) is 72.1 Å². The largest absolute Gasteiger partial charge is 0.467 e. The van der Waals surface area contributed by atoms with Crippen LogP contribution in [0.2, 0.25) is 0 Å². The number of alkyl carbamates (subject to hydrolysis) is 1. The van der Waals surface area contributed by atoms with Crippen LogP contribution in [0.5, 0.6) is 0 Å². The van der Waals surface area contributed by atoms with Gasteiger partial charge in [-0.1, -0.05) is 38.2 Å². The summed E-state index contributed by atoms with van der Waals surface area (Å²) in [4.78, 5) is 37.4. The Labute approximate surface area is 197 Å². The summed E-state index contributed by atoms with van der Waals surface area (Å²) in [5.41, 5.74) is -0.786. The first-order valence-corrected chi connectivity index (χ1v) is 11.0. The van der Waals surface area contributed by atoms with E-state index in [1.807, 2.05) is 6.08 Å². The van der Waals surface area contributed by atoms with E-state index in [1.165, 1.54) is 7.11 Å². The monoisotopic (exact) mass is 456 g/mol. The fraction of sp³-hybridized carbons (Fsp3) is 0.500. The van der Waals surface area contributed by atoms with Crippen LogP contribution in [0.3, 0.4) is 0 Å². The van der Waals surface area contributed by atoms with Crippen molar-refractivity contribution < 1.29 is 23.9 Å². The van der Waals surface area contributed by atoms with Crippen LogP contribution in [0.4, 0.5) is 4.79 Å². The molecule has 2 N–H and O–H groups in total. The lowest BCUT2D eigenvalue weighted by molar-refractivity contribution is -0.144. The van der Waals surface area contributed by atoms with Crippen LogP contribution in [-0.4, -0.2) is 42.3 Å². The first-order chi connectivity index (χ1) is 15.3. The lowest BCUT2D eigenvalue weighted by atomic mass is 9.94. The number of carbonyl (C=O) groups is 3. The van der Waals surface area contributed by atoms with Crippen LogP contribution in [-0.2, 0) is 14.3 Å². The molecule has 0 bridgehead atoms. The molecule has 2 amide bonds. The maximum absolute atomic E-state index is 12.8. The van der Waals surface area contributed by atoms with E-state index in [2.05, 4.69) is 42.4 Å². The van der Waals surface area contributed by atoms with E-state index in [9.17, 15) is 14.4 Å². The molecule has 0 aliphatic carbocycles. The van der Waals surface area contributed by atoms with E-state index in [4.69, 9.17) is 9.47 Å². The van der Waals surface area contributed by atoms with Gasteiger partial charge in [-0.15, -0.1) is 0 Å². The quantitative estimate of drug-likeness (QED) is 0.473. The Morgan fingerprint density at radius 2 is 1.70 bits per heavy atom. The van der Waals surface area contributed by atoms with Crippen molar-refractivity contribution in [3.63, 3.8) is 0 Å². The molecule has 0 aliphatic heterocycles. The molecular weight excluding hydrogens is 420 g/mol. The first kappa shape index (κ1) is 27.8. The zero-order valence-electron chi connectivity index (χ0n) is 20.9. The third kappa shape index (κ3) is 9.82. The number of nitrogens with one attached hydrogen (secondary N) is 2. The molecule has 0 aliphatic rings. The van der Waals surface area contributed by atoms with E-state index in [1.54, 1.807) is 58.9 Å². The summed E-state index contributed by atoms with van der Waals surface area (Å²) in [5.74, 6) is 5.29. The first-order valence-electron chi connectivity index (χ1n) is 11.0. The van der Waals surface area contributed by atoms with Crippen molar-refractivity contribution in [3.05, 3.63) is 47.5 Å². The molecule has 180 valence electrons. The predicted molar refractivity (Wildman–Crippen MR) is 129 cm³/mol. The van der Waals surface area contributed by atoms with Gasteiger partial charge in [-0.2, -0.15) is 0 Å². The average molecular weight is 457 g/mol. The van der Waals surface area contributed by atoms with Gasteiger partial charge in [0.15, 0.2) is 0 Å². The topological polar surface area (TPSA) is 93.7 Å². The van der Waals surface area contributed by atoms with Gasteiger partial charge in [0.2, 0.25) is 0 Å². The van der Waals surface area contributed by atoms with Crippen LogP contribution in [0, 0.1) is 17.8 Å². The average Bonchev–Trinajstić information content (AvgIpc) is 2.72. The molecule has 1 unspecified atom stereocenters.